The van der Waals surface area contributed by atoms with E-state index >= 15 is 0 Å². The summed E-state index contributed by atoms with van der Waals surface area (Å²) in [5.41, 5.74) is -0.481. The monoisotopic (exact) mass is 454 g/mol. The lowest BCUT2D eigenvalue weighted by molar-refractivity contribution is -0.127. The van der Waals surface area contributed by atoms with Gasteiger partial charge < -0.3 is 14.8 Å². The fraction of sp³-hybridized carbons (Fsp3) is 0.500. The Labute approximate surface area is 193 Å². The number of benzene rings is 1. The first-order chi connectivity index (χ1) is 15.9. The van der Waals surface area contributed by atoms with Gasteiger partial charge in [0.1, 0.15) is 17.0 Å². The molecule has 1 aromatic carbocycles. The molecule has 0 saturated heterocycles. The highest BCUT2D eigenvalue weighted by molar-refractivity contribution is 6.12. The third-order valence-electron chi connectivity index (χ3n) is 6.54. The lowest BCUT2D eigenvalue weighted by Crippen LogP contribution is -2.65. The van der Waals surface area contributed by atoms with Crippen molar-refractivity contribution in [2.75, 3.05) is 19.1 Å². The minimum Gasteiger partial charge on any atom is -0.497 e. The second-order valence-electron chi connectivity index (χ2n) is 8.84. The molecule has 0 spiro atoms. The van der Waals surface area contributed by atoms with Crippen LogP contribution in [0.15, 0.2) is 30.3 Å². The van der Waals surface area contributed by atoms with E-state index in [1.165, 1.54) is 35.6 Å². The van der Waals surface area contributed by atoms with Gasteiger partial charge in [-0.05, 0) is 31.9 Å². The molecule has 1 fully saturated rings. The molecule has 0 radical (unpaired) electrons. The molecule has 33 heavy (non-hydrogen) atoms. The van der Waals surface area contributed by atoms with Crippen molar-refractivity contribution < 1.29 is 23.9 Å². The predicted molar refractivity (Wildman–Crippen MR) is 121 cm³/mol. The third-order valence-corrected chi connectivity index (χ3v) is 6.54. The number of methoxy groups -OCH3 is 2. The highest BCUT2D eigenvalue weighted by Crippen LogP contribution is 2.35. The van der Waals surface area contributed by atoms with Gasteiger partial charge in [-0.25, -0.2) is 4.79 Å². The summed E-state index contributed by atoms with van der Waals surface area (Å²) in [5, 5.41) is 7.46. The first-order valence-electron chi connectivity index (χ1n) is 11.3. The molecule has 0 bridgehead atoms. The molecular weight excluding hydrogens is 424 g/mol. The fourth-order valence-electron chi connectivity index (χ4n) is 4.70. The van der Waals surface area contributed by atoms with Crippen molar-refractivity contribution >= 4 is 23.5 Å². The molecule has 1 unspecified atom stereocenters. The minimum atomic E-state index is -1.26. The lowest BCUT2D eigenvalue weighted by atomic mass is 9.93. The van der Waals surface area contributed by atoms with E-state index in [0.717, 1.165) is 25.7 Å². The number of amides is 2. The van der Waals surface area contributed by atoms with Gasteiger partial charge in [0, 0.05) is 23.9 Å². The fourth-order valence-corrected chi connectivity index (χ4v) is 4.70. The van der Waals surface area contributed by atoms with Crippen LogP contribution in [0.2, 0.25) is 0 Å². The second kappa shape index (κ2) is 9.25. The van der Waals surface area contributed by atoms with E-state index in [2.05, 4.69) is 10.4 Å². The van der Waals surface area contributed by atoms with E-state index in [1.54, 1.807) is 38.3 Å². The normalized spacial score (nSPS) is 21.2. The van der Waals surface area contributed by atoms with Gasteiger partial charge in [0.2, 0.25) is 5.91 Å². The molecule has 1 saturated carbocycles. The lowest BCUT2D eigenvalue weighted by Gasteiger charge is -2.43. The van der Waals surface area contributed by atoms with Crippen molar-refractivity contribution in [1.82, 2.24) is 15.1 Å². The SMILES string of the molecule is COC(=O)c1cc2n(n1)CC(C)(C(=O)NC1CCCCCC1)N(c1cccc(OC)c1)C2=O. The predicted octanol–water partition coefficient (Wildman–Crippen LogP) is 2.94. The molecule has 1 N–H and O–H groups in total. The zero-order valence-electron chi connectivity index (χ0n) is 19.3. The van der Waals surface area contributed by atoms with Crippen LogP contribution in [0.3, 0.4) is 0 Å². The van der Waals surface area contributed by atoms with Crippen LogP contribution in [-0.4, -0.2) is 53.4 Å². The van der Waals surface area contributed by atoms with Gasteiger partial charge in [0.15, 0.2) is 5.69 Å². The van der Waals surface area contributed by atoms with E-state index in [4.69, 9.17) is 9.47 Å². The van der Waals surface area contributed by atoms with Crippen LogP contribution < -0.4 is 15.0 Å². The van der Waals surface area contributed by atoms with Crippen LogP contribution in [0.1, 0.15) is 66.4 Å². The summed E-state index contributed by atoms with van der Waals surface area (Å²) in [7, 11) is 2.81. The molecule has 2 aliphatic rings. The largest absolute Gasteiger partial charge is 0.497 e. The van der Waals surface area contributed by atoms with E-state index < -0.39 is 17.4 Å². The molecule has 1 aliphatic carbocycles. The molecular formula is C24H30N4O5. The molecule has 4 rings (SSSR count). The van der Waals surface area contributed by atoms with Gasteiger partial charge in [-0.1, -0.05) is 31.7 Å². The van der Waals surface area contributed by atoms with Crippen LogP contribution in [-0.2, 0) is 16.1 Å². The topological polar surface area (TPSA) is 103 Å². The summed E-state index contributed by atoms with van der Waals surface area (Å²) < 4.78 is 11.5. The maximum Gasteiger partial charge on any atom is 0.358 e. The Morgan fingerprint density at radius 2 is 1.85 bits per heavy atom. The van der Waals surface area contributed by atoms with E-state index in [9.17, 15) is 14.4 Å². The van der Waals surface area contributed by atoms with Crippen molar-refractivity contribution in [3.05, 3.63) is 41.7 Å². The average Bonchev–Trinajstić information content (AvgIpc) is 3.07. The van der Waals surface area contributed by atoms with Crippen LogP contribution >= 0.6 is 0 Å². The van der Waals surface area contributed by atoms with Crippen LogP contribution in [0.25, 0.3) is 0 Å². The molecule has 1 aliphatic heterocycles. The van der Waals surface area contributed by atoms with Gasteiger partial charge in [0.25, 0.3) is 5.91 Å². The summed E-state index contributed by atoms with van der Waals surface area (Å²) in [6.45, 7) is 1.83. The number of nitrogens with one attached hydrogen (secondary N) is 1. The second-order valence-corrected chi connectivity index (χ2v) is 8.84. The highest BCUT2D eigenvalue weighted by atomic mass is 16.5. The zero-order chi connectivity index (χ0) is 23.6. The Bertz CT molecular complexity index is 1060. The number of hydrogen-bond acceptors (Lipinski definition) is 6. The Balaban J connectivity index is 1.75. The first kappa shape index (κ1) is 22.8. The van der Waals surface area contributed by atoms with Crippen molar-refractivity contribution in [2.45, 2.75) is 63.6 Å². The molecule has 1 aromatic heterocycles. The maximum absolute atomic E-state index is 13.7. The Kier molecular flexibility index (Phi) is 6.40. The number of fused-ring (bicyclic) bond motifs is 1. The van der Waals surface area contributed by atoms with Gasteiger partial charge >= 0.3 is 5.97 Å². The van der Waals surface area contributed by atoms with Crippen LogP contribution in [0, 0.1) is 0 Å². The molecule has 2 aromatic rings. The molecule has 2 heterocycles. The Morgan fingerprint density at radius 1 is 1.12 bits per heavy atom. The number of nitrogens with zero attached hydrogens (tertiary/aromatic N) is 3. The Morgan fingerprint density at radius 3 is 2.52 bits per heavy atom. The zero-order valence-corrected chi connectivity index (χ0v) is 19.3. The third kappa shape index (κ3) is 4.31. The smallest absolute Gasteiger partial charge is 0.358 e. The summed E-state index contributed by atoms with van der Waals surface area (Å²) in [6, 6.07) is 8.53. The molecule has 9 heteroatoms. The molecule has 9 nitrogen and oxygen atoms in total. The first-order valence-corrected chi connectivity index (χ1v) is 11.3. The van der Waals surface area contributed by atoms with Gasteiger partial charge in [0.05, 0.1) is 20.8 Å². The summed E-state index contributed by atoms with van der Waals surface area (Å²) >= 11 is 0. The van der Waals surface area contributed by atoms with E-state index in [1.807, 2.05) is 0 Å². The summed E-state index contributed by atoms with van der Waals surface area (Å²) in [4.78, 5) is 41.0. The summed E-state index contributed by atoms with van der Waals surface area (Å²) in [5.74, 6) is -0.731. The van der Waals surface area contributed by atoms with Gasteiger partial charge in [-0.2, -0.15) is 5.10 Å². The van der Waals surface area contributed by atoms with Crippen molar-refractivity contribution in [1.29, 1.82) is 0 Å². The number of ether oxygens (including phenoxy) is 2. The van der Waals surface area contributed by atoms with Crippen LogP contribution in [0.5, 0.6) is 5.75 Å². The standard InChI is InChI=1S/C24H30N4O5/c1-24(23(31)25-16-9-6-4-5-7-10-16)15-27-20(14-19(26-27)22(30)33-3)21(29)28(24)17-11-8-12-18(13-17)32-2/h8,11-14,16H,4-7,9-10,15H2,1-3H3,(H,25,31). The van der Waals surface area contributed by atoms with Gasteiger partial charge in [-0.15, -0.1) is 0 Å². The molecule has 1 atom stereocenters. The number of hydrogen-bond donors (Lipinski definition) is 1. The number of rotatable bonds is 5. The van der Waals surface area contributed by atoms with Crippen molar-refractivity contribution in [3.63, 3.8) is 0 Å². The van der Waals surface area contributed by atoms with E-state index in [-0.39, 0.29) is 29.9 Å². The number of carbonyl (C=O) groups excluding carboxylic acids is 3. The minimum absolute atomic E-state index is 0.0277. The number of carbonyl (C=O) groups is 3. The number of esters is 1. The number of anilines is 1. The molecule has 2 amide bonds. The average molecular weight is 455 g/mol. The Hall–Kier alpha value is -3.36. The van der Waals surface area contributed by atoms with Gasteiger partial charge in [-0.3, -0.25) is 19.2 Å². The molecule has 176 valence electrons. The highest BCUT2D eigenvalue weighted by Gasteiger charge is 2.49. The van der Waals surface area contributed by atoms with E-state index in [0.29, 0.717) is 11.4 Å². The van der Waals surface area contributed by atoms with Crippen molar-refractivity contribution in [3.8, 4) is 5.75 Å². The summed E-state index contributed by atoms with van der Waals surface area (Å²) in [6.07, 6.45) is 6.34. The maximum atomic E-state index is 13.7. The van der Waals surface area contributed by atoms with Crippen LogP contribution in [0.4, 0.5) is 5.69 Å². The number of aromatic nitrogens is 2. The quantitative estimate of drug-likeness (QED) is 0.550. The van der Waals surface area contributed by atoms with Crippen molar-refractivity contribution in [2.24, 2.45) is 0 Å².